The smallest absolute Gasteiger partial charge is 0.0226 e. The molecule has 0 saturated heterocycles. The van der Waals surface area contributed by atoms with Crippen molar-refractivity contribution < 1.29 is 0 Å². The van der Waals surface area contributed by atoms with Crippen LogP contribution in [-0.4, -0.2) is 12.1 Å². The van der Waals surface area contributed by atoms with Gasteiger partial charge < -0.3 is 11.5 Å². The molecule has 114 valence electrons. The molecule has 4 aliphatic carbocycles. The van der Waals surface area contributed by atoms with Crippen molar-refractivity contribution in [2.75, 3.05) is 0 Å². The maximum Gasteiger partial charge on any atom is 0.0226 e. The van der Waals surface area contributed by atoms with Crippen LogP contribution in [0.1, 0.15) is 64.7 Å². The summed E-state index contributed by atoms with van der Waals surface area (Å²) in [5.41, 5.74) is 13.3. The Kier molecular flexibility index (Phi) is 3.20. The summed E-state index contributed by atoms with van der Waals surface area (Å²) in [5.74, 6) is 4.83. The fourth-order valence-corrected chi connectivity index (χ4v) is 7.08. The van der Waals surface area contributed by atoms with Gasteiger partial charge >= 0.3 is 0 Å². The van der Waals surface area contributed by atoms with E-state index in [1.54, 1.807) is 0 Å². The molecule has 4 fully saturated rings. The predicted octanol–water partition coefficient (Wildman–Crippen LogP) is 3.29. The average molecular weight is 276 g/mol. The van der Waals surface area contributed by atoms with E-state index in [9.17, 15) is 0 Å². The Balaban J connectivity index is 1.62. The zero-order valence-corrected chi connectivity index (χ0v) is 13.1. The topological polar surface area (TPSA) is 52.0 Å². The van der Waals surface area contributed by atoms with Gasteiger partial charge in [0.2, 0.25) is 0 Å². The molecule has 0 aromatic heterocycles. The highest BCUT2D eigenvalue weighted by Crippen LogP contribution is 2.62. The van der Waals surface area contributed by atoms with Gasteiger partial charge in [0.1, 0.15) is 0 Å². The van der Waals surface area contributed by atoms with Crippen molar-refractivity contribution in [2.45, 2.75) is 76.8 Å². The van der Waals surface area contributed by atoms with E-state index in [2.05, 4.69) is 6.92 Å². The van der Waals surface area contributed by atoms with Gasteiger partial charge in [0, 0.05) is 12.1 Å². The molecule has 2 nitrogen and oxygen atoms in total. The molecule has 20 heavy (non-hydrogen) atoms. The van der Waals surface area contributed by atoms with E-state index in [-0.39, 0.29) is 12.1 Å². The first kappa shape index (κ1) is 13.6. The molecule has 0 amide bonds. The summed E-state index contributed by atoms with van der Waals surface area (Å²) < 4.78 is 0. The van der Waals surface area contributed by atoms with Gasteiger partial charge in [-0.3, -0.25) is 0 Å². The van der Waals surface area contributed by atoms with Crippen LogP contribution < -0.4 is 11.5 Å². The largest absolute Gasteiger partial charge is 0.326 e. The molecule has 4 saturated carbocycles. The maximum atomic E-state index is 6.52. The lowest BCUT2D eigenvalue weighted by molar-refractivity contribution is -0.0934. The molecule has 0 heterocycles. The maximum absolute atomic E-state index is 6.52. The minimum Gasteiger partial charge on any atom is -0.326 e. The third-order valence-electron chi connectivity index (χ3n) is 8.11. The summed E-state index contributed by atoms with van der Waals surface area (Å²) in [6, 6.07) is 0.517. The first-order chi connectivity index (χ1) is 9.61. The van der Waals surface area contributed by atoms with Gasteiger partial charge in [0.25, 0.3) is 0 Å². The quantitative estimate of drug-likeness (QED) is 0.713. The van der Waals surface area contributed by atoms with Crippen LogP contribution in [0.3, 0.4) is 0 Å². The van der Waals surface area contributed by atoms with Crippen molar-refractivity contribution in [3.8, 4) is 0 Å². The second-order valence-corrected chi connectivity index (χ2v) is 8.67. The van der Waals surface area contributed by atoms with Gasteiger partial charge in [-0.15, -0.1) is 0 Å². The van der Waals surface area contributed by atoms with Crippen molar-refractivity contribution in [3.05, 3.63) is 0 Å². The zero-order chi connectivity index (χ0) is 13.9. The van der Waals surface area contributed by atoms with Crippen LogP contribution in [0.2, 0.25) is 0 Å². The normalized spacial score (nSPS) is 58.6. The number of hydrogen-bond donors (Lipinski definition) is 2. The van der Waals surface area contributed by atoms with Crippen molar-refractivity contribution in [1.82, 2.24) is 0 Å². The molecule has 4 N–H and O–H groups in total. The fourth-order valence-electron chi connectivity index (χ4n) is 7.08. The fraction of sp³-hybridized carbons (Fsp3) is 1.00. The van der Waals surface area contributed by atoms with Crippen LogP contribution in [0.25, 0.3) is 0 Å². The molecule has 0 spiro atoms. The lowest BCUT2D eigenvalue weighted by atomic mass is 9.46. The lowest BCUT2D eigenvalue weighted by Crippen LogP contribution is -2.61. The predicted molar refractivity (Wildman–Crippen MR) is 83.1 cm³/mol. The van der Waals surface area contributed by atoms with Gasteiger partial charge in [0.05, 0.1) is 0 Å². The zero-order valence-electron chi connectivity index (χ0n) is 13.1. The van der Waals surface area contributed by atoms with Crippen molar-refractivity contribution in [2.24, 2.45) is 46.5 Å². The van der Waals surface area contributed by atoms with Crippen LogP contribution in [0.5, 0.6) is 0 Å². The van der Waals surface area contributed by atoms with E-state index in [1.807, 2.05) is 0 Å². The van der Waals surface area contributed by atoms with E-state index in [4.69, 9.17) is 11.5 Å². The summed E-state index contributed by atoms with van der Waals surface area (Å²) >= 11 is 0. The van der Waals surface area contributed by atoms with E-state index < -0.39 is 0 Å². The second kappa shape index (κ2) is 4.71. The molecule has 2 heteroatoms. The first-order valence-corrected chi connectivity index (χ1v) is 9.12. The highest BCUT2D eigenvalue weighted by molar-refractivity contribution is 5.08. The third-order valence-corrected chi connectivity index (χ3v) is 8.11. The summed E-state index contributed by atoms with van der Waals surface area (Å²) in [6.45, 7) is 2.58. The Morgan fingerprint density at radius 3 is 2.45 bits per heavy atom. The average Bonchev–Trinajstić information content (AvgIpc) is 2.92. The van der Waals surface area contributed by atoms with Crippen LogP contribution >= 0.6 is 0 Å². The Labute approximate surface area is 124 Å². The minimum atomic E-state index is 0.257. The minimum absolute atomic E-state index is 0.257. The molecule has 8 atom stereocenters. The first-order valence-electron chi connectivity index (χ1n) is 9.12. The Morgan fingerprint density at radius 2 is 1.60 bits per heavy atom. The molecule has 0 aromatic rings. The van der Waals surface area contributed by atoms with E-state index in [0.29, 0.717) is 11.3 Å². The summed E-state index contributed by atoms with van der Waals surface area (Å²) in [7, 11) is 0. The molecular weight excluding hydrogens is 244 g/mol. The lowest BCUT2D eigenvalue weighted by Gasteiger charge is -2.60. The van der Waals surface area contributed by atoms with Crippen LogP contribution in [0.4, 0.5) is 0 Å². The van der Waals surface area contributed by atoms with E-state index in [1.165, 1.54) is 51.4 Å². The van der Waals surface area contributed by atoms with Crippen molar-refractivity contribution in [1.29, 1.82) is 0 Å². The molecule has 3 unspecified atom stereocenters. The van der Waals surface area contributed by atoms with Gasteiger partial charge in [-0.25, -0.2) is 0 Å². The Hall–Kier alpha value is -0.0800. The molecule has 4 aliphatic rings. The molecule has 0 radical (unpaired) electrons. The molecule has 0 bridgehead atoms. The number of nitrogens with two attached hydrogens (primary N) is 2. The van der Waals surface area contributed by atoms with Gasteiger partial charge in [0.15, 0.2) is 0 Å². The Morgan fingerprint density at radius 1 is 0.800 bits per heavy atom. The van der Waals surface area contributed by atoms with E-state index >= 15 is 0 Å². The monoisotopic (exact) mass is 276 g/mol. The third kappa shape index (κ3) is 1.76. The van der Waals surface area contributed by atoms with Crippen molar-refractivity contribution >= 4 is 0 Å². The van der Waals surface area contributed by atoms with Crippen LogP contribution in [-0.2, 0) is 0 Å². The van der Waals surface area contributed by atoms with Crippen molar-refractivity contribution in [3.63, 3.8) is 0 Å². The number of hydrogen-bond acceptors (Lipinski definition) is 2. The van der Waals surface area contributed by atoms with Crippen LogP contribution in [0.15, 0.2) is 0 Å². The second-order valence-electron chi connectivity index (χ2n) is 8.67. The number of rotatable bonds is 0. The molecule has 0 aromatic carbocycles. The molecule has 4 rings (SSSR count). The summed E-state index contributed by atoms with van der Waals surface area (Å²) in [6.07, 6.45) is 12.9. The molecular formula is C18H32N2. The standard InChI is InChI=1S/C18H32N2/c1-18-10-9-16(19)17(20)15(18)8-6-13-12-4-2-3-11(12)5-7-14(13)18/h11-17H,2-10,19-20H2,1H3/t11?,12-,13+,14+,15+,16?,17?,18-/m1/s1. The summed E-state index contributed by atoms with van der Waals surface area (Å²) in [5, 5.41) is 0. The SMILES string of the molecule is C[C@]12CCC(N)C(N)[C@@H]1CC[C@H]1[C@@H]3CCCC3CC[C@@H]12. The van der Waals surface area contributed by atoms with Gasteiger partial charge in [-0.05, 0) is 80.0 Å². The number of fused-ring (bicyclic) bond motifs is 5. The Bertz CT molecular complexity index is 382. The van der Waals surface area contributed by atoms with Gasteiger partial charge in [-0.2, -0.15) is 0 Å². The highest BCUT2D eigenvalue weighted by atomic mass is 14.8. The van der Waals surface area contributed by atoms with Gasteiger partial charge in [-0.1, -0.05) is 19.8 Å². The molecule has 0 aliphatic heterocycles. The van der Waals surface area contributed by atoms with E-state index in [0.717, 1.165) is 30.1 Å². The summed E-state index contributed by atoms with van der Waals surface area (Å²) in [4.78, 5) is 0. The van der Waals surface area contributed by atoms with Crippen LogP contribution in [0, 0.1) is 35.0 Å². The highest BCUT2D eigenvalue weighted by Gasteiger charge is 2.56.